The van der Waals surface area contributed by atoms with Gasteiger partial charge in [0.15, 0.2) is 0 Å². The first-order valence-corrected chi connectivity index (χ1v) is 5.83. The van der Waals surface area contributed by atoms with Crippen LogP contribution in [0, 0.1) is 23.7 Å². The van der Waals surface area contributed by atoms with E-state index in [1.54, 1.807) is 0 Å². The van der Waals surface area contributed by atoms with E-state index in [9.17, 15) is 0 Å². The summed E-state index contributed by atoms with van der Waals surface area (Å²) in [7, 11) is 0. The Balaban J connectivity index is 3.06. The van der Waals surface area contributed by atoms with E-state index >= 15 is 0 Å². The topological polar surface area (TPSA) is 0 Å². The van der Waals surface area contributed by atoms with Crippen molar-refractivity contribution in [3.8, 4) is 23.7 Å². The molecule has 0 aliphatic carbocycles. The molecule has 0 aliphatic heterocycles. The molecule has 0 aliphatic rings. The monoisotopic (exact) mass is 190 g/mol. The Morgan fingerprint density at radius 1 is 0.571 bits per heavy atom. The van der Waals surface area contributed by atoms with Gasteiger partial charge in [-0.1, -0.05) is 26.7 Å². The predicted octanol–water partition coefficient (Wildman–Crippen LogP) is 4.15. The van der Waals surface area contributed by atoms with E-state index in [1.165, 1.54) is 25.7 Å². The van der Waals surface area contributed by atoms with Crippen LogP contribution in [0.2, 0.25) is 0 Å². The normalized spacial score (nSPS) is 8.43. The van der Waals surface area contributed by atoms with Gasteiger partial charge in [-0.3, -0.25) is 0 Å². The molecule has 0 heteroatoms. The smallest absolute Gasteiger partial charge is 0.00886 e. The summed E-state index contributed by atoms with van der Waals surface area (Å²) < 4.78 is 0. The molecule has 0 radical (unpaired) electrons. The summed E-state index contributed by atoms with van der Waals surface area (Å²) in [6.45, 7) is 4.19. The van der Waals surface area contributed by atoms with E-state index in [0.29, 0.717) is 0 Å². The van der Waals surface area contributed by atoms with Crippen LogP contribution in [-0.4, -0.2) is 0 Å². The number of unbranched alkanes of at least 4 members (excludes halogenated alkanes) is 5. The molecule has 0 rings (SSSR count). The Kier molecular flexibility index (Phi) is 11.4. The van der Waals surface area contributed by atoms with Crippen LogP contribution in [0.15, 0.2) is 0 Å². The second-order valence-electron chi connectivity index (χ2n) is 3.33. The molecular weight excluding hydrogens is 168 g/mol. The molecule has 0 aromatic rings. The van der Waals surface area contributed by atoms with Crippen LogP contribution in [-0.2, 0) is 0 Å². The van der Waals surface area contributed by atoms with Crippen LogP contribution in [0.3, 0.4) is 0 Å². The Bertz CT molecular complexity index is 190. The fraction of sp³-hybridized carbons (Fsp3) is 0.714. The molecule has 0 N–H and O–H groups in total. The van der Waals surface area contributed by atoms with Crippen molar-refractivity contribution < 1.29 is 0 Å². The lowest BCUT2D eigenvalue weighted by Crippen LogP contribution is -1.77. The molecule has 0 heterocycles. The van der Waals surface area contributed by atoms with Gasteiger partial charge < -0.3 is 0 Å². The van der Waals surface area contributed by atoms with Gasteiger partial charge in [-0.2, -0.15) is 0 Å². The summed E-state index contributed by atoms with van der Waals surface area (Å²) in [5.74, 6) is 12.5. The van der Waals surface area contributed by atoms with Crippen molar-refractivity contribution >= 4 is 0 Å². The molecule has 0 bridgehead atoms. The zero-order valence-electron chi connectivity index (χ0n) is 9.66. The predicted molar refractivity (Wildman–Crippen MR) is 63.8 cm³/mol. The first kappa shape index (κ1) is 13.1. The molecule has 0 aromatic carbocycles. The van der Waals surface area contributed by atoms with Crippen molar-refractivity contribution in [2.75, 3.05) is 0 Å². The van der Waals surface area contributed by atoms with Crippen LogP contribution in [0.5, 0.6) is 0 Å². The lowest BCUT2D eigenvalue weighted by molar-refractivity contribution is 0.660. The molecule has 0 fully saturated rings. The van der Waals surface area contributed by atoms with Crippen LogP contribution in [0.25, 0.3) is 0 Å². The van der Waals surface area contributed by atoms with E-state index in [1.807, 2.05) is 0 Å². The van der Waals surface area contributed by atoms with Crippen molar-refractivity contribution in [3.05, 3.63) is 0 Å². The molecule has 0 amide bonds. The number of hydrogen-bond donors (Lipinski definition) is 0. The minimum absolute atomic E-state index is 0.993. The highest BCUT2D eigenvalue weighted by Gasteiger charge is 1.86. The second-order valence-corrected chi connectivity index (χ2v) is 3.33. The largest absolute Gasteiger partial charge is 0.104 e. The van der Waals surface area contributed by atoms with E-state index in [-0.39, 0.29) is 0 Å². The SMILES string of the molecule is CCC#CCCCCCCC#CCC. The van der Waals surface area contributed by atoms with Gasteiger partial charge in [-0.05, 0) is 12.8 Å². The van der Waals surface area contributed by atoms with Crippen LogP contribution >= 0.6 is 0 Å². The van der Waals surface area contributed by atoms with E-state index in [0.717, 1.165) is 25.7 Å². The van der Waals surface area contributed by atoms with Crippen molar-refractivity contribution in [1.29, 1.82) is 0 Å². The molecule has 0 saturated carbocycles. The Morgan fingerprint density at radius 3 is 1.36 bits per heavy atom. The maximum atomic E-state index is 3.17. The molecule has 0 unspecified atom stereocenters. The zero-order chi connectivity index (χ0) is 10.5. The quantitative estimate of drug-likeness (QED) is 0.451. The van der Waals surface area contributed by atoms with Crippen molar-refractivity contribution in [2.45, 2.75) is 65.2 Å². The summed E-state index contributed by atoms with van der Waals surface area (Å²) in [5.41, 5.74) is 0. The lowest BCUT2D eigenvalue weighted by Gasteiger charge is -1.94. The maximum Gasteiger partial charge on any atom is 0.00886 e. The Morgan fingerprint density at radius 2 is 1.00 bits per heavy atom. The highest BCUT2D eigenvalue weighted by atomic mass is 13.9. The van der Waals surface area contributed by atoms with Crippen LogP contribution in [0.1, 0.15) is 65.2 Å². The van der Waals surface area contributed by atoms with Gasteiger partial charge in [0.25, 0.3) is 0 Å². The molecule has 0 aromatic heterocycles. The molecule has 0 atom stereocenters. The van der Waals surface area contributed by atoms with E-state index < -0.39 is 0 Å². The Labute approximate surface area is 89.5 Å². The molecule has 14 heavy (non-hydrogen) atoms. The third-order valence-corrected chi connectivity index (χ3v) is 1.96. The first-order chi connectivity index (χ1) is 6.91. The fourth-order valence-corrected chi connectivity index (χ4v) is 1.21. The maximum absolute atomic E-state index is 3.17. The highest BCUT2D eigenvalue weighted by molar-refractivity contribution is 4.98. The van der Waals surface area contributed by atoms with Gasteiger partial charge in [0.2, 0.25) is 0 Å². The standard InChI is InChI=1S/C14H22/c1-3-5-7-9-11-13-14-12-10-8-6-4-2/h3-4,9-14H2,1-2H3. The lowest BCUT2D eigenvalue weighted by atomic mass is 10.1. The van der Waals surface area contributed by atoms with Gasteiger partial charge in [0.1, 0.15) is 0 Å². The third-order valence-electron chi connectivity index (χ3n) is 1.96. The van der Waals surface area contributed by atoms with Gasteiger partial charge >= 0.3 is 0 Å². The summed E-state index contributed by atoms with van der Waals surface area (Å²) in [6.07, 6.45) is 9.28. The summed E-state index contributed by atoms with van der Waals surface area (Å²) in [6, 6.07) is 0. The van der Waals surface area contributed by atoms with E-state index in [4.69, 9.17) is 0 Å². The molecule has 0 nitrogen and oxygen atoms in total. The van der Waals surface area contributed by atoms with Crippen LogP contribution in [0.4, 0.5) is 0 Å². The highest BCUT2D eigenvalue weighted by Crippen LogP contribution is 2.04. The van der Waals surface area contributed by atoms with Crippen molar-refractivity contribution in [3.63, 3.8) is 0 Å². The first-order valence-electron chi connectivity index (χ1n) is 5.83. The number of rotatable bonds is 5. The van der Waals surface area contributed by atoms with Gasteiger partial charge in [-0.25, -0.2) is 0 Å². The summed E-state index contributed by atoms with van der Waals surface area (Å²) in [5, 5.41) is 0. The van der Waals surface area contributed by atoms with Gasteiger partial charge in [0, 0.05) is 25.7 Å². The van der Waals surface area contributed by atoms with Crippen molar-refractivity contribution in [2.24, 2.45) is 0 Å². The molecule has 0 saturated heterocycles. The molecular formula is C14H22. The van der Waals surface area contributed by atoms with Crippen molar-refractivity contribution in [1.82, 2.24) is 0 Å². The fourth-order valence-electron chi connectivity index (χ4n) is 1.21. The van der Waals surface area contributed by atoms with Gasteiger partial charge in [-0.15, -0.1) is 23.7 Å². The summed E-state index contributed by atoms with van der Waals surface area (Å²) in [4.78, 5) is 0. The van der Waals surface area contributed by atoms with Gasteiger partial charge in [0.05, 0.1) is 0 Å². The minimum atomic E-state index is 0.993. The molecule has 78 valence electrons. The zero-order valence-corrected chi connectivity index (χ0v) is 9.66. The van der Waals surface area contributed by atoms with E-state index in [2.05, 4.69) is 37.5 Å². The third kappa shape index (κ3) is 11.1. The summed E-state index contributed by atoms with van der Waals surface area (Å²) >= 11 is 0. The molecule has 0 spiro atoms. The Hall–Kier alpha value is -0.880. The minimum Gasteiger partial charge on any atom is -0.104 e. The van der Waals surface area contributed by atoms with Crippen LogP contribution < -0.4 is 0 Å². The second kappa shape index (κ2) is 12.1. The average molecular weight is 190 g/mol. The average Bonchev–Trinajstić information content (AvgIpc) is 2.21. The number of hydrogen-bond acceptors (Lipinski definition) is 0.